The van der Waals surface area contributed by atoms with Crippen molar-refractivity contribution in [2.75, 3.05) is 13.2 Å². The van der Waals surface area contributed by atoms with Crippen LogP contribution < -0.4 is 15.8 Å². The predicted octanol–water partition coefficient (Wildman–Crippen LogP) is 3.37. The number of nitrogens with one attached hydrogen (secondary N) is 1. The lowest BCUT2D eigenvalue weighted by Crippen LogP contribution is -2.34. The largest absolute Gasteiger partial charge is 0.490 e. The lowest BCUT2D eigenvalue weighted by molar-refractivity contribution is -0.144. The first-order valence-corrected chi connectivity index (χ1v) is 8.48. The number of nitrogens with two attached hydrogens (primary N) is 1. The average Bonchev–Trinajstić information content (AvgIpc) is 2.58. The third-order valence-corrected chi connectivity index (χ3v) is 3.82. The van der Waals surface area contributed by atoms with E-state index in [1.54, 1.807) is 24.3 Å². The molecule has 1 atom stereocenters. The van der Waals surface area contributed by atoms with Crippen molar-refractivity contribution in [3.63, 3.8) is 0 Å². The maximum Gasteiger partial charge on any atom is 0.312 e. The maximum absolute atomic E-state index is 12.0. The van der Waals surface area contributed by atoms with Gasteiger partial charge in [-0.15, -0.1) is 0 Å². The van der Waals surface area contributed by atoms with Gasteiger partial charge in [0.2, 0.25) is 0 Å². The van der Waals surface area contributed by atoms with Gasteiger partial charge in [-0.25, -0.2) is 4.79 Å². The summed E-state index contributed by atoms with van der Waals surface area (Å²) in [5.74, 6) is 0.252. The number of primary amides is 1. The third-order valence-electron chi connectivity index (χ3n) is 3.56. The van der Waals surface area contributed by atoms with Gasteiger partial charge in [-0.3, -0.25) is 4.79 Å². The fourth-order valence-electron chi connectivity index (χ4n) is 2.36. The van der Waals surface area contributed by atoms with Gasteiger partial charge in [0.1, 0.15) is 19.0 Å². The van der Waals surface area contributed by atoms with E-state index in [0.29, 0.717) is 10.6 Å². The standard InChI is InChI=1S/C19H21ClN2O4/c1-13-3-2-4-16(11-13)25-9-10-26-18(23)12-17(22-19(21)24)14-5-7-15(20)8-6-14/h2-8,11,17H,9-10,12H2,1H3,(H3,21,22,24). The minimum atomic E-state index is -0.722. The molecule has 1 unspecified atom stereocenters. The highest BCUT2D eigenvalue weighted by atomic mass is 35.5. The molecule has 7 heteroatoms. The molecule has 2 rings (SSSR count). The molecular weight excluding hydrogens is 356 g/mol. The predicted molar refractivity (Wildman–Crippen MR) is 99.2 cm³/mol. The molecule has 6 nitrogen and oxygen atoms in total. The lowest BCUT2D eigenvalue weighted by atomic mass is 10.0. The second kappa shape index (κ2) is 9.68. The zero-order valence-corrected chi connectivity index (χ0v) is 15.2. The Hall–Kier alpha value is -2.73. The van der Waals surface area contributed by atoms with Gasteiger partial charge in [0.05, 0.1) is 12.5 Å². The van der Waals surface area contributed by atoms with E-state index in [2.05, 4.69) is 5.32 Å². The van der Waals surface area contributed by atoms with Crippen molar-refractivity contribution in [3.8, 4) is 5.75 Å². The molecule has 0 fully saturated rings. The zero-order chi connectivity index (χ0) is 18.9. The Kier molecular flexibility index (Phi) is 7.29. The number of benzene rings is 2. The van der Waals surface area contributed by atoms with Gasteiger partial charge in [-0.05, 0) is 42.3 Å². The van der Waals surface area contributed by atoms with Gasteiger partial charge in [0, 0.05) is 5.02 Å². The van der Waals surface area contributed by atoms with Crippen LogP contribution in [0.4, 0.5) is 4.79 Å². The number of urea groups is 1. The van der Waals surface area contributed by atoms with Gasteiger partial charge >= 0.3 is 12.0 Å². The molecule has 0 aliphatic heterocycles. The number of halogens is 1. The van der Waals surface area contributed by atoms with Gasteiger partial charge in [-0.1, -0.05) is 35.9 Å². The summed E-state index contributed by atoms with van der Waals surface area (Å²) in [6.07, 6.45) is -0.0466. The van der Waals surface area contributed by atoms with Crippen molar-refractivity contribution >= 4 is 23.6 Å². The number of hydrogen-bond acceptors (Lipinski definition) is 4. The summed E-state index contributed by atoms with van der Waals surface area (Å²) >= 11 is 5.86. The number of rotatable bonds is 8. The van der Waals surface area contributed by atoms with Gasteiger partial charge < -0.3 is 20.5 Å². The summed E-state index contributed by atoms with van der Waals surface area (Å²) in [4.78, 5) is 23.2. The van der Waals surface area contributed by atoms with Crippen molar-refractivity contribution in [1.82, 2.24) is 5.32 Å². The van der Waals surface area contributed by atoms with Crippen LogP contribution in [0.5, 0.6) is 5.75 Å². The highest BCUT2D eigenvalue weighted by molar-refractivity contribution is 6.30. The Morgan fingerprint density at radius 2 is 1.88 bits per heavy atom. The maximum atomic E-state index is 12.0. The van der Waals surface area contributed by atoms with Gasteiger partial charge in [0.25, 0.3) is 0 Å². The molecule has 2 amide bonds. The second-order valence-corrected chi connectivity index (χ2v) is 6.14. The monoisotopic (exact) mass is 376 g/mol. The van der Waals surface area contributed by atoms with Gasteiger partial charge in [0.15, 0.2) is 0 Å². The highest BCUT2D eigenvalue weighted by Gasteiger charge is 2.18. The van der Waals surface area contributed by atoms with E-state index in [1.165, 1.54) is 0 Å². The Morgan fingerprint density at radius 1 is 1.15 bits per heavy atom. The van der Waals surface area contributed by atoms with Crippen molar-refractivity contribution in [2.45, 2.75) is 19.4 Å². The van der Waals surface area contributed by atoms with E-state index in [0.717, 1.165) is 11.3 Å². The number of carbonyl (C=O) groups is 2. The molecule has 3 N–H and O–H groups in total. The molecule has 0 saturated heterocycles. The topological polar surface area (TPSA) is 90.7 Å². The van der Waals surface area contributed by atoms with Crippen LogP contribution in [0.3, 0.4) is 0 Å². The Balaban J connectivity index is 1.82. The van der Waals surface area contributed by atoms with Crippen LogP contribution >= 0.6 is 11.6 Å². The molecule has 26 heavy (non-hydrogen) atoms. The lowest BCUT2D eigenvalue weighted by Gasteiger charge is -2.17. The van der Waals surface area contributed by atoms with E-state index in [4.69, 9.17) is 26.8 Å². The summed E-state index contributed by atoms with van der Waals surface area (Å²) < 4.78 is 10.7. The molecule has 0 radical (unpaired) electrons. The summed E-state index contributed by atoms with van der Waals surface area (Å²) in [6, 6.07) is 13.1. The van der Waals surface area contributed by atoms with Crippen molar-refractivity contribution in [3.05, 3.63) is 64.7 Å². The number of aryl methyl sites for hydroxylation is 1. The van der Waals surface area contributed by atoms with Crippen LogP contribution in [0.25, 0.3) is 0 Å². The normalized spacial score (nSPS) is 11.5. The average molecular weight is 377 g/mol. The Labute approximate surface area is 157 Å². The van der Waals surface area contributed by atoms with Crippen LogP contribution in [-0.2, 0) is 9.53 Å². The summed E-state index contributed by atoms with van der Waals surface area (Å²) in [6.45, 7) is 2.32. The first-order chi connectivity index (χ1) is 12.4. The highest BCUT2D eigenvalue weighted by Crippen LogP contribution is 2.20. The quantitative estimate of drug-likeness (QED) is 0.546. The minimum absolute atomic E-state index is 0.0466. The van der Waals surface area contributed by atoms with E-state index < -0.39 is 18.0 Å². The molecule has 0 bridgehead atoms. The minimum Gasteiger partial charge on any atom is -0.490 e. The summed E-state index contributed by atoms with van der Waals surface area (Å²) in [5, 5.41) is 3.09. The summed E-state index contributed by atoms with van der Waals surface area (Å²) in [7, 11) is 0. The smallest absolute Gasteiger partial charge is 0.312 e. The van der Waals surface area contributed by atoms with Crippen molar-refractivity contribution < 1.29 is 19.1 Å². The molecule has 0 spiro atoms. The van der Waals surface area contributed by atoms with Crippen LogP contribution in [0.1, 0.15) is 23.6 Å². The number of esters is 1. The molecule has 0 aromatic heterocycles. The number of hydrogen-bond donors (Lipinski definition) is 2. The molecule has 138 valence electrons. The van der Waals surface area contributed by atoms with E-state index in [-0.39, 0.29) is 19.6 Å². The SMILES string of the molecule is Cc1cccc(OCCOC(=O)CC(NC(N)=O)c2ccc(Cl)cc2)c1. The molecular formula is C19H21ClN2O4. The fourth-order valence-corrected chi connectivity index (χ4v) is 2.49. The van der Waals surface area contributed by atoms with Crippen LogP contribution in [-0.4, -0.2) is 25.2 Å². The number of amides is 2. The van der Waals surface area contributed by atoms with Crippen molar-refractivity contribution in [2.24, 2.45) is 5.73 Å². The van der Waals surface area contributed by atoms with Crippen LogP contribution in [0, 0.1) is 6.92 Å². The fraction of sp³-hybridized carbons (Fsp3) is 0.263. The summed E-state index contributed by atoms with van der Waals surface area (Å²) in [5.41, 5.74) is 6.98. The van der Waals surface area contributed by atoms with E-state index in [9.17, 15) is 9.59 Å². The molecule has 2 aromatic carbocycles. The number of ether oxygens (including phenoxy) is 2. The second-order valence-electron chi connectivity index (χ2n) is 5.70. The molecule has 0 aliphatic carbocycles. The Morgan fingerprint density at radius 3 is 2.54 bits per heavy atom. The Bertz CT molecular complexity index is 749. The van der Waals surface area contributed by atoms with Gasteiger partial charge in [-0.2, -0.15) is 0 Å². The first kappa shape index (κ1) is 19.6. The zero-order valence-electron chi connectivity index (χ0n) is 14.4. The molecule has 2 aromatic rings. The molecule has 0 aliphatic rings. The van der Waals surface area contributed by atoms with Crippen LogP contribution in [0.15, 0.2) is 48.5 Å². The molecule has 0 saturated carbocycles. The molecule has 0 heterocycles. The van der Waals surface area contributed by atoms with Crippen LogP contribution in [0.2, 0.25) is 5.02 Å². The third kappa shape index (κ3) is 6.64. The van der Waals surface area contributed by atoms with E-state index in [1.807, 2.05) is 31.2 Å². The van der Waals surface area contributed by atoms with E-state index >= 15 is 0 Å². The van der Waals surface area contributed by atoms with Crippen molar-refractivity contribution in [1.29, 1.82) is 0 Å². The first-order valence-electron chi connectivity index (χ1n) is 8.10. The number of carbonyl (C=O) groups excluding carboxylic acids is 2.